The molecule has 4 heteroatoms. The van der Waals surface area contributed by atoms with E-state index in [-0.39, 0.29) is 5.17 Å². The molecule has 2 aromatic carbocycles. The summed E-state index contributed by atoms with van der Waals surface area (Å²) in [6.45, 7) is 0. The van der Waals surface area contributed by atoms with Crippen molar-refractivity contribution in [2.24, 2.45) is 5.73 Å². The molecular weight excluding hydrogens is 247 g/mol. The van der Waals surface area contributed by atoms with E-state index in [0.717, 1.165) is 0 Å². The Balaban J connectivity index is 2.36. The maximum Gasteiger partial charge on any atom is 0.156 e. The number of hydrogen-bond acceptors (Lipinski definition) is 2. The Morgan fingerprint density at radius 2 is 1.29 bits per heavy atom. The summed E-state index contributed by atoms with van der Waals surface area (Å²) >= 11 is 1.43. The minimum Gasteiger partial charge on any atom is -0.378 e. The molecule has 0 bridgehead atoms. The fourth-order valence-electron chi connectivity index (χ4n) is 1.48. The molecule has 2 rings (SSSR count). The molecule has 0 spiro atoms. The maximum absolute atomic E-state index is 7.48. The third kappa shape index (κ3) is 3.32. The first-order valence-corrected chi connectivity index (χ1v) is 7.96. The first-order chi connectivity index (χ1) is 8.27. The van der Waals surface area contributed by atoms with Crippen molar-refractivity contribution in [3.8, 4) is 0 Å². The zero-order valence-electron chi connectivity index (χ0n) is 9.21. The van der Waals surface area contributed by atoms with Gasteiger partial charge >= 0.3 is 0 Å². The summed E-state index contributed by atoms with van der Waals surface area (Å²) in [6, 6.07) is 20.5. The molecule has 2 aromatic rings. The smallest absolute Gasteiger partial charge is 0.156 e. The Bertz CT molecular complexity index is 448. The summed E-state index contributed by atoms with van der Waals surface area (Å²) in [4.78, 5) is 0. The van der Waals surface area contributed by atoms with Crippen molar-refractivity contribution >= 4 is 34.3 Å². The quantitative estimate of drug-likeness (QED) is 0.506. The third-order valence-electron chi connectivity index (χ3n) is 2.17. The van der Waals surface area contributed by atoms with Gasteiger partial charge in [0.2, 0.25) is 0 Å². The summed E-state index contributed by atoms with van der Waals surface area (Å²) < 4.78 is 0. The van der Waals surface area contributed by atoms with Crippen molar-refractivity contribution in [2.75, 3.05) is 0 Å². The number of benzene rings is 2. The largest absolute Gasteiger partial charge is 0.378 e. The number of hydrogen-bond donors (Lipinski definition) is 2. The molecule has 0 amide bonds. The van der Waals surface area contributed by atoms with Gasteiger partial charge in [-0.15, -0.1) is 0 Å². The summed E-state index contributed by atoms with van der Waals surface area (Å²) in [5.41, 5.74) is 5.53. The molecule has 2 nitrogen and oxygen atoms in total. The molecule has 0 saturated carbocycles. The molecule has 0 unspecified atom stereocenters. The topological polar surface area (TPSA) is 49.9 Å². The van der Waals surface area contributed by atoms with E-state index in [4.69, 9.17) is 11.1 Å². The number of amidine groups is 1. The maximum atomic E-state index is 7.48. The van der Waals surface area contributed by atoms with E-state index in [1.165, 1.54) is 22.0 Å². The van der Waals surface area contributed by atoms with Crippen LogP contribution in [0, 0.1) is 5.41 Å². The van der Waals surface area contributed by atoms with E-state index in [2.05, 4.69) is 24.3 Å². The second-order valence-corrected chi connectivity index (χ2v) is 7.31. The summed E-state index contributed by atoms with van der Waals surface area (Å²) in [7, 11) is -0.623. The fraction of sp³-hybridized carbons (Fsp3) is 0. The number of nitrogens with two attached hydrogens (primary N) is 1. The van der Waals surface area contributed by atoms with Crippen molar-refractivity contribution in [1.29, 1.82) is 5.41 Å². The second-order valence-electron chi connectivity index (χ2n) is 3.42. The van der Waals surface area contributed by atoms with Crippen LogP contribution in [0.15, 0.2) is 60.7 Å². The first kappa shape index (κ1) is 12.2. The van der Waals surface area contributed by atoms with Gasteiger partial charge in [0.1, 0.15) is 0 Å². The van der Waals surface area contributed by atoms with Crippen LogP contribution >= 0.6 is 18.5 Å². The van der Waals surface area contributed by atoms with Crippen molar-refractivity contribution in [2.45, 2.75) is 0 Å². The molecule has 0 aliphatic rings. The average Bonchev–Trinajstić information content (AvgIpc) is 2.38. The van der Waals surface area contributed by atoms with Crippen LogP contribution in [0.3, 0.4) is 0 Å². The van der Waals surface area contributed by atoms with Crippen LogP contribution in [-0.2, 0) is 0 Å². The summed E-state index contributed by atoms with van der Waals surface area (Å²) in [5.74, 6) is 0. The second kappa shape index (κ2) is 5.85. The molecule has 0 aliphatic heterocycles. The van der Waals surface area contributed by atoms with Crippen LogP contribution < -0.4 is 16.3 Å². The minimum atomic E-state index is -0.623. The van der Waals surface area contributed by atoms with E-state index in [9.17, 15) is 0 Å². The van der Waals surface area contributed by atoms with Crippen LogP contribution in [0.25, 0.3) is 0 Å². The van der Waals surface area contributed by atoms with Gasteiger partial charge in [0, 0.05) is 7.12 Å². The van der Waals surface area contributed by atoms with Gasteiger partial charge in [0.25, 0.3) is 0 Å². The lowest BCUT2D eigenvalue weighted by Crippen LogP contribution is -2.13. The molecule has 0 heterocycles. The fourth-order valence-corrected chi connectivity index (χ4v) is 5.02. The Kier molecular flexibility index (Phi) is 4.18. The lowest BCUT2D eigenvalue weighted by Gasteiger charge is -2.16. The molecule has 0 saturated heterocycles. The van der Waals surface area contributed by atoms with E-state index in [1.54, 1.807) is 0 Å². The van der Waals surface area contributed by atoms with Crippen LogP contribution in [0.5, 0.6) is 0 Å². The predicted octanol–water partition coefficient (Wildman–Crippen LogP) is 2.66. The predicted molar refractivity (Wildman–Crippen MR) is 78.6 cm³/mol. The monoisotopic (exact) mass is 260 g/mol. The molecule has 3 N–H and O–H groups in total. The van der Waals surface area contributed by atoms with Gasteiger partial charge in [-0.1, -0.05) is 72.0 Å². The highest BCUT2D eigenvalue weighted by molar-refractivity contribution is 8.66. The standard InChI is InChI=1S/C13H13N2PS/c14-13(15)17-16(11-7-3-1-4-8-11)12-9-5-2-6-10-12/h1-10H,(H3,14,15). The number of nitrogens with one attached hydrogen (secondary N) is 1. The summed E-state index contributed by atoms with van der Waals surface area (Å²) in [6.07, 6.45) is 0. The molecule has 17 heavy (non-hydrogen) atoms. The third-order valence-corrected chi connectivity index (χ3v) is 6.49. The van der Waals surface area contributed by atoms with E-state index >= 15 is 0 Å². The van der Waals surface area contributed by atoms with Gasteiger partial charge in [0.05, 0.1) is 0 Å². The molecule has 0 fully saturated rings. The van der Waals surface area contributed by atoms with Crippen LogP contribution in [-0.4, -0.2) is 5.17 Å². The van der Waals surface area contributed by atoms with Crippen molar-refractivity contribution in [3.05, 3.63) is 60.7 Å². The van der Waals surface area contributed by atoms with Crippen LogP contribution in [0.4, 0.5) is 0 Å². The normalized spacial score (nSPS) is 10.4. The molecule has 0 atom stereocenters. The SMILES string of the molecule is N=C(N)SP(c1ccccc1)c1ccccc1. The lowest BCUT2D eigenvalue weighted by atomic mass is 10.4. The average molecular weight is 260 g/mol. The van der Waals surface area contributed by atoms with Crippen molar-refractivity contribution in [3.63, 3.8) is 0 Å². The van der Waals surface area contributed by atoms with Gasteiger partial charge in [-0.2, -0.15) is 0 Å². The van der Waals surface area contributed by atoms with Gasteiger partial charge in [-0.05, 0) is 10.6 Å². The summed E-state index contributed by atoms with van der Waals surface area (Å²) in [5, 5.41) is 10.1. The van der Waals surface area contributed by atoms with Gasteiger partial charge in [-0.3, -0.25) is 5.41 Å². The van der Waals surface area contributed by atoms with Crippen molar-refractivity contribution < 1.29 is 0 Å². The Hall–Kier alpha value is -1.31. The zero-order valence-corrected chi connectivity index (χ0v) is 10.9. The van der Waals surface area contributed by atoms with E-state index < -0.39 is 7.12 Å². The Morgan fingerprint density at radius 3 is 1.65 bits per heavy atom. The minimum absolute atomic E-state index is 0.170. The molecular formula is C13H13N2PS. The van der Waals surface area contributed by atoms with Crippen LogP contribution in [0.1, 0.15) is 0 Å². The lowest BCUT2D eigenvalue weighted by molar-refractivity contribution is 1.51. The van der Waals surface area contributed by atoms with Crippen molar-refractivity contribution in [1.82, 2.24) is 0 Å². The molecule has 0 aliphatic carbocycles. The van der Waals surface area contributed by atoms with E-state index in [0.29, 0.717) is 0 Å². The first-order valence-electron chi connectivity index (χ1n) is 5.19. The molecule has 86 valence electrons. The van der Waals surface area contributed by atoms with Gasteiger partial charge < -0.3 is 5.73 Å². The van der Waals surface area contributed by atoms with Gasteiger partial charge in [-0.25, -0.2) is 0 Å². The van der Waals surface area contributed by atoms with Gasteiger partial charge in [0.15, 0.2) is 5.17 Å². The zero-order chi connectivity index (χ0) is 12.1. The highest BCUT2D eigenvalue weighted by atomic mass is 32.7. The highest BCUT2D eigenvalue weighted by Crippen LogP contribution is 2.47. The Labute approximate surface area is 106 Å². The number of rotatable bonds is 3. The highest BCUT2D eigenvalue weighted by Gasteiger charge is 2.15. The Morgan fingerprint density at radius 1 is 0.882 bits per heavy atom. The van der Waals surface area contributed by atoms with E-state index in [1.807, 2.05) is 36.4 Å². The van der Waals surface area contributed by atoms with Crippen LogP contribution in [0.2, 0.25) is 0 Å². The molecule has 0 aromatic heterocycles. The molecule has 0 radical (unpaired) electrons.